The van der Waals surface area contributed by atoms with Crippen LogP contribution in [0.4, 0.5) is 17.2 Å². The fourth-order valence-corrected chi connectivity index (χ4v) is 2.60. The number of phenolic OH excluding ortho intramolecular Hbond substituents is 1. The Labute approximate surface area is 168 Å². The largest absolute Gasteiger partial charge is 0.508 e. The molecule has 1 aromatic heterocycles. The summed E-state index contributed by atoms with van der Waals surface area (Å²) in [7, 11) is 3.14. The first-order chi connectivity index (χ1) is 14.1. The SMILES string of the molecule is COc1ccc(OC)c(/C=C/C(=O)Nc2cccnc2Nc2ccc(O)cc2)c1. The fourth-order valence-electron chi connectivity index (χ4n) is 2.60. The highest BCUT2D eigenvalue weighted by molar-refractivity contribution is 6.03. The lowest BCUT2D eigenvalue weighted by molar-refractivity contribution is -0.111. The second kappa shape index (κ2) is 9.27. The summed E-state index contributed by atoms with van der Waals surface area (Å²) in [6, 6.07) is 15.4. The van der Waals surface area contributed by atoms with Crippen molar-refractivity contribution in [2.45, 2.75) is 0 Å². The van der Waals surface area contributed by atoms with Crippen molar-refractivity contribution >= 4 is 29.2 Å². The van der Waals surface area contributed by atoms with E-state index in [4.69, 9.17) is 9.47 Å². The number of nitrogens with one attached hydrogen (secondary N) is 2. The Hall–Kier alpha value is -4.00. The third-order valence-corrected chi connectivity index (χ3v) is 4.05. The summed E-state index contributed by atoms with van der Waals surface area (Å²) < 4.78 is 10.5. The number of amides is 1. The van der Waals surface area contributed by atoms with Crippen LogP contribution >= 0.6 is 0 Å². The van der Waals surface area contributed by atoms with Crippen LogP contribution < -0.4 is 20.1 Å². The number of nitrogens with zero attached hydrogens (tertiary/aromatic N) is 1. The van der Waals surface area contributed by atoms with Crippen LogP contribution in [0, 0.1) is 0 Å². The molecule has 29 heavy (non-hydrogen) atoms. The van der Waals surface area contributed by atoms with Crippen molar-refractivity contribution in [2.75, 3.05) is 24.9 Å². The zero-order valence-corrected chi connectivity index (χ0v) is 16.0. The Morgan fingerprint density at radius 2 is 1.86 bits per heavy atom. The van der Waals surface area contributed by atoms with Crippen molar-refractivity contribution in [3.05, 3.63) is 72.4 Å². The molecule has 3 aromatic rings. The van der Waals surface area contributed by atoms with Crippen molar-refractivity contribution in [3.63, 3.8) is 0 Å². The maximum Gasteiger partial charge on any atom is 0.248 e. The van der Waals surface area contributed by atoms with Gasteiger partial charge in [-0.15, -0.1) is 0 Å². The maximum atomic E-state index is 12.4. The van der Waals surface area contributed by atoms with Crippen LogP contribution in [0.15, 0.2) is 66.9 Å². The summed E-state index contributed by atoms with van der Waals surface area (Å²) in [5.41, 5.74) is 1.97. The van der Waals surface area contributed by atoms with Gasteiger partial charge < -0.3 is 25.2 Å². The summed E-state index contributed by atoms with van der Waals surface area (Å²) in [4.78, 5) is 16.7. The number of carbonyl (C=O) groups is 1. The smallest absolute Gasteiger partial charge is 0.248 e. The van der Waals surface area contributed by atoms with Crippen molar-refractivity contribution in [1.29, 1.82) is 0 Å². The molecule has 0 fully saturated rings. The second-order valence-corrected chi connectivity index (χ2v) is 6.00. The molecule has 7 heteroatoms. The molecule has 0 aliphatic heterocycles. The molecule has 1 heterocycles. The van der Waals surface area contributed by atoms with Gasteiger partial charge in [0.1, 0.15) is 17.2 Å². The number of anilines is 3. The van der Waals surface area contributed by atoms with Gasteiger partial charge in [0.25, 0.3) is 0 Å². The van der Waals surface area contributed by atoms with E-state index in [1.165, 1.54) is 6.08 Å². The Morgan fingerprint density at radius 3 is 2.59 bits per heavy atom. The zero-order valence-electron chi connectivity index (χ0n) is 16.0. The number of aromatic nitrogens is 1. The van der Waals surface area contributed by atoms with Gasteiger partial charge in [0, 0.05) is 23.5 Å². The molecule has 0 spiro atoms. The van der Waals surface area contributed by atoms with E-state index in [0.29, 0.717) is 23.0 Å². The number of hydrogen-bond acceptors (Lipinski definition) is 6. The van der Waals surface area contributed by atoms with Crippen molar-refractivity contribution in [2.24, 2.45) is 0 Å². The lowest BCUT2D eigenvalue weighted by Crippen LogP contribution is -2.10. The number of aromatic hydroxyl groups is 1. The highest BCUT2D eigenvalue weighted by Crippen LogP contribution is 2.26. The van der Waals surface area contributed by atoms with E-state index < -0.39 is 0 Å². The predicted molar refractivity (Wildman–Crippen MR) is 113 cm³/mol. The monoisotopic (exact) mass is 391 g/mol. The Kier molecular flexibility index (Phi) is 6.32. The summed E-state index contributed by atoms with van der Waals surface area (Å²) in [6.45, 7) is 0. The fraction of sp³-hybridized carbons (Fsp3) is 0.0909. The minimum Gasteiger partial charge on any atom is -0.508 e. The van der Waals surface area contributed by atoms with E-state index in [1.807, 2.05) is 0 Å². The number of pyridine rings is 1. The summed E-state index contributed by atoms with van der Waals surface area (Å²) in [5, 5.41) is 15.3. The Balaban J connectivity index is 1.74. The first kappa shape index (κ1) is 19.8. The third kappa shape index (κ3) is 5.26. The van der Waals surface area contributed by atoms with Crippen LogP contribution in [0.5, 0.6) is 17.2 Å². The van der Waals surface area contributed by atoms with Crippen molar-refractivity contribution in [1.82, 2.24) is 4.98 Å². The lowest BCUT2D eigenvalue weighted by Gasteiger charge is -2.11. The molecule has 0 aliphatic carbocycles. The number of rotatable bonds is 7. The molecule has 0 aliphatic rings. The highest BCUT2D eigenvalue weighted by Gasteiger charge is 2.07. The molecule has 0 unspecified atom stereocenters. The molecular weight excluding hydrogens is 370 g/mol. The van der Waals surface area contributed by atoms with Gasteiger partial charge in [0.2, 0.25) is 5.91 Å². The zero-order chi connectivity index (χ0) is 20.6. The number of benzene rings is 2. The molecule has 0 saturated heterocycles. The van der Waals surface area contributed by atoms with E-state index in [0.717, 1.165) is 11.3 Å². The number of ether oxygens (including phenoxy) is 2. The Bertz CT molecular complexity index is 1020. The minimum atomic E-state index is -0.323. The molecule has 7 nitrogen and oxygen atoms in total. The van der Waals surface area contributed by atoms with Gasteiger partial charge in [-0.3, -0.25) is 4.79 Å². The molecule has 148 valence electrons. The maximum absolute atomic E-state index is 12.4. The molecular formula is C22H21N3O4. The van der Waals surface area contributed by atoms with Gasteiger partial charge in [0.05, 0.1) is 19.9 Å². The number of phenols is 1. The molecule has 3 N–H and O–H groups in total. The predicted octanol–water partition coefficient (Wildman–Crippen LogP) is 4.20. The minimum absolute atomic E-state index is 0.170. The summed E-state index contributed by atoms with van der Waals surface area (Å²) in [6.07, 6.45) is 4.68. The molecule has 2 aromatic carbocycles. The van der Waals surface area contributed by atoms with Gasteiger partial charge >= 0.3 is 0 Å². The Morgan fingerprint density at radius 1 is 1.07 bits per heavy atom. The third-order valence-electron chi connectivity index (χ3n) is 4.05. The van der Waals surface area contributed by atoms with Crippen LogP contribution in [-0.2, 0) is 4.79 Å². The highest BCUT2D eigenvalue weighted by atomic mass is 16.5. The topological polar surface area (TPSA) is 92.7 Å². The van der Waals surface area contributed by atoms with E-state index in [-0.39, 0.29) is 11.7 Å². The molecule has 0 saturated carbocycles. The van der Waals surface area contributed by atoms with Crippen molar-refractivity contribution < 1.29 is 19.4 Å². The van der Waals surface area contributed by atoms with Crippen molar-refractivity contribution in [3.8, 4) is 17.2 Å². The normalized spacial score (nSPS) is 10.6. The molecule has 1 amide bonds. The summed E-state index contributed by atoms with van der Waals surface area (Å²) in [5.74, 6) is 1.63. The van der Waals surface area contributed by atoms with E-state index in [9.17, 15) is 9.90 Å². The van der Waals surface area contributed by atoms with E-state index in [1.54, 1.807) is 81.1 Å². The number of methoxy groups -OCH3 is 2. The number of carbonyl (C=O) groups excluding carboxylic acids is 1. The molecule has 0 radical (unpaired) electrons. The van der Waals surface area contributed by atoms with Gasteiger partial charge in [-0.1, -0.05) is 0 Å². The van der Waals surface area contributed by atoms with Crippen LogP contribution in [0.3, 0.4) is 0 Å². The van der Waals surface area contributed by atoms with E-state index >= 15 is 0 Å². The molecule has 0 atom stereocenters. The quantitative estimate of drug-likeness (QED) is 0.413. The standard InChI is InChI=1S/C22H21N3O4/c1-28-18-10-11-20(29-2)15(14-18)5-12-21(27)25-19-4-3-13-23-22(19)24-16-6-8-17(26)9-7-16/h3-14,26H,1-2H3,(H,23,24)(H,25,27)/b12-5+. The average Bonchev–Trinajstić information content (AvgIpc) is 2.75. The van der Waals surface area contributed by atoms with Crippen LogP contribution in [-0.4, -0.2) is 30.2 Å². The lowest BCUT2D eigenvalue weighted by atomic mass is 10.1. The van der Waals surface area contributed by atoms with Gasteiger partial charge in [-0.25, -0.2) is 4.98 Å². The van der Waals surface area contributed by atoms with Crippen LogP contribution in [0.2, 0.25) is 0 Å². The van der Waals surface area contributed by atoms with Gasteiger partial charge in [-0.05, 0) is 60.7 Å². The number of hydrogen-bond donors (Lipinski definition) is 3. The summed E-state index contributed by atoms with van der Waals surface area (Å²) >= 11 is 0. The molecule has 0 bridgehead atoms. The average molecular weight is 391 g/mol. The van der Waals surface area contributed by atoms with Gasteiger partial charge in [-0.2, -0.15) is 0 Å². The van der Waals surface area contributed by atoms with Crippen LogP contribution in [0.1, 0.15) is 5.56 Å². The second-order valence-electron chi connectivity index (χ2n) is 6.00. The van der Waals surface area contributed by atoms with E-state index in [2.05, 4.69) is 15.6 Å². The van der Waals surface area contributed by atoms with Crippen LogP contribution in [0.25, 0.3) is 6.08 Å². The molecule has 3 rings (SSSR count). The first-order valence-corrected chi connectivity index (χ1v) is 8.81. The first-order valence-electron chi connectivity index (χ1n) is 8.81. The van der Waals surface area contributed by atoms with Gasteiger partial charge in [0.15, 0.2) is 5.82 Å².